The average Bonchev–Trinajstić information content (AvgIpc) is 3.13. The van der Waals surface area contributed by atoms with Crippen molar-refractivity contribution >= 4 is 66.6 Å². The lowest BCUT2D eigenvalue weighted by atomic mass is 9.84. The van der Waals surface area contributed by atoms with E-state index in [1.807, 2.05) is 18.2 Å². The van der Waals surface area contributed by atoms with Gasteiger partial charge in [-0.25, -0.2) is 4.98 Å². The number of carbonyl (C=O) groups is 1. The van der Waals surface area contributed by atoms with Gasteiger partial charge in [-0.2, -0.15) is 0 Å². The van der Waals surface area contributed by atoms with Gasteiger partial charge >= 0.3 is 0 Å². The zero-order chi connectivity index (χ0) is 18.4. The number of oxazole rings is 1. The van der Waals surface area contributed by atoms with Gasteiger partial charge in [0, 0.05) is 18.5 Å². The Hall–Kier alpha value is -0.760. The van der Waals surface area contributed by atoms with E-state index in [1.54, 1.807) is 0 Å². The molecular weight excluding hydrogens is 482 g/mol. The zero-order valence-electron chi connectivity index (χ0n) is 17.6. The molecule has 1 N–H and O–H groups in total. The number of aromatic nitrogens is 1. The van der Waals surface area contributed by atoms with E-state index in [2.05, 4.69) is 22.2 Å². The normalized spacial score (nSPS) is 25.5. The first-order valence-corrected chi connectivity index (χ1v) is 10.3. The molecule has 6 nitrogen and oxygen atoms in total. The van der Waals surface area contributed by atoms with Crippen LogP contribution in [0.1, 0.15) is 47.8 Å². The summed E-state index contributed by atoms with van der Waals surface area (Å²) in [5.41, 5.74) is 2.09. The highest BCUT2D eigenvalue weighted by molar-refractivity contribution is 6.04. The summed E-state index contributed by atoms with van der Waals surface area (Å²) in [7, 11) is 2.15. The number of hydrogen-bond donors (Lipinski definition) is 1. The highest BCUT2D eigenvalue weighted by atomic mass is 35.5. The number of para-hydroxylation sites is 1. The van der Waals surface area contributed by atoms with Crippen molar-refractivity contribution in [3.05, 3.63) is 29.7 Å². The summed E-state index contributed by atoms with van der Waals surface area (Å²) in [5, 5.41) is 3.28. The van der Waals surface area contributed by atoms with E-state index in [-0.39, 0.29) is 61.6 Å². The van der Waals surface area contributed by atoms with Crippen LogP contribution < -0.4 is 5.32 Å². The van der Waals surface area contributed by atoms with Crippen molar-refractivity contribution < 1.29 is 9.21 Å². The fourth-order valence-electron chi connectivity index (χ4n) is 4.95. The molecule has 1 amide bonds. The van der Waals surface area contributed by atoms with E-state index in [0.29, 0.717) is 22.9 Å². The van der Waals surface area contributed by atoms with Crippen LogP contribution in [0.15, 0.2) is 22.6 Å². The largest absolute Gasteiger partial charge is 0.440 e. The van der Waals surface area contributed by atoms with Gasteiger partial charge in [0.15, 0.2) is 11.5 Å². The quantitative estimate of drug-likeness (QED) is 0.668. The summed E-state index contributed by atoms with van der Waals surface area (Å²) < 4.78 is 6.06. The van der Waals surface area contributed by atoms with Crippen molar-refractivity contribution in [1.29, 1.82) is 0 Å². The predicted molar refractivity (Wildman–Crippen MR) is 133 cm³/mol. The van der Waals surface area contributed by atoms with E-state index in [0.717, 1.165) is 43.9 Å². The van der Waals surface area contributed by atoms with Crippen LogP contribution in [0.2, 0.25) is 0 Å². The summed E-state index contributed by atoms with van der Waals surface area (Å²) >= 11 is 0. The van der Waals surface area contributed by atoms with Gasteiger partial charge < -0.3 is 19.5 Å². The molecule has 6 rings (SSSR count). The van der Waals surface area contributed by atoms with E-state index < -0.39 is 0 Å². The molecule has 1 atom stereocenters. The smallest absolute Gasteiger partial charge is 0.253 e. The third-order valence-corrected chi connectivity index (χ3v) is 6.72. The number of hydrogen-bond acceptors (Lipinski definition) is 5. The number of benzene rings is 1. The second-order valence-electron chi connectivity index (χ2n) is 8.50. The lowest BCUT2D eigenvalue weighted by Gasteiger charge is -2.44. The Kier molecular flexibility index (Phi) is 10.9. The van der Waals surface area contributed by atoms with Gasteiger partial charge in [0.2, 0.25) is 0 Å². The van der Waals surface area contributed by atoms with E-state index in [4.69, 9.17) is 9.40 Å². The molecule has 4 fully saturated rings. The maximum Gasteiger partial charge on any atom is 0.253 e. The van der Waals surface area contributed by atoms with Crippen LogP contribution >= 0.6 is 49.6 Å². The van der Waals surface area contributed by atoms with Gasteiger partial charge in [-0.15, -0.1) is 49.6 Å². The Balaban J connectivity index is 0.00000120. The van der Waals surface area contributed by atoms with Gasteiger partial charge in [-0.1, -0.05) is 6.07 Å². The molecule has 4 saturated heterocycles. The molecule has 31 heavy (non-hydrogen) atoms. The van der Waals surface area contributed by atoms with Crippen LogP contribution in [0.5, 0.6) is 0 Å². The number of carbonyl (C=O) groups excluding carboxylic acids is 1. The molecule has 0 radical (unpaired) electrons. The molecule has 0 aliphatic carbocycles. The first-order chi connectivity index (χ1) is 13.2. The minimum atomic E-state index is -0.0115. The number of amides is 1. The van der Waals surface area contributed by atoms with Crippen molar-refractivity contribution in [3.8, 4) is 0 Å². The second-order valence-corrected chi connectivity index (χ2v) is 8.50. The van der Waals surface area contributed by atoms with Gasteiger partial charge in [0.25, 0.3) is 5.91 Å². The fraction of sp³-hybridized carbons (Fsp3) is 0.619. The topological polar surface area (TPSA) is 61.6 Å². The number of piperidine rings is 4. The van der Waals surface area contributed by atoms with Crippen LogP contribution in [0.3, 0.4) is 0 Å². The van der Waals surface area contributed by atoms with Crippen LogP contribution in [-0.2, 0) is 0 Å². The molecule has 1 aromatic heterocycles. The Morgan fingerprint density at radius 3 is 2.32 bits per heavy atom. The van der Waals surface area contributed by atoms with Crippen molar-refractivity contribution in [2.45, 2.75) is 37.6 Å². The molecule has 2 bridgehead atoms. The minimum absolute atomic E-state index is 0. The maximum atomic E-state index is 13.0. The molecule has 1 aromatic carbocycles. The SMILES string of the molecule is CN1CCC(c2nc3c(C(=O)N[C@@H]4CN5CCC4CC5)cccc3o2)CC1.Cl.Cl.Cl.Cl. The van der Waals surface area contributed by atoms with Gasteiger partial charge in [0.05, 0.1) is 5.56 Å². The third-order valence-electron chi connectivity index (χ3n) is 6.72. The van der Waals surface area contributed by atoms with Gasteiger partial charge in [-0.3, -0.25) is 4.79 Å². The van der Waals surface area contributed by atoms with Crippen molar-refractivity contribution in [2.24, 2.45) is 5.92 Å². The van der Waals surface area contributed by atoms with Crippen molar-refractivity contribution in [2.75, 3.05) is 39.8 Å². The summed E-state index contributed by atoms with van der Waals surface area (Å²) in [6.07, 6.45) is 4.51. The summed E-state index contributed by atoms with van der Waals surface area (Å²) in [6, 6.07) is 5.96. The molecule has 5 heterocycles. The molecule has 0 saturated carbocycles. The zero-order valence-corrected chi connectivity index (χ0v) is 20.9. The molecule has 0 spiro atoms. The first-order valence-electron chi connectivity index (χ1n) is 10.3. The fourth-order valence-corrected chi connectivity index (χ4v) is 4.95. The van der Waals surface area contributed by atoms with E-state index >= 15 is 0 Å². The minimum Gasteiger partial charge on any atom is -0.440 e. The monoisotopic (exact) mass is 512 g/mol. The first kappa shape index (κ1) is 28.3. The molecule has 10 heteroatoms. The molecule has 4 aliphatic rings. The Morgan fingerprint density at radius 1 is 1.03 bits per heavy atom. The van der Waals surface area contributed by atoms with Gasteiger partial charge in [-0.05, 0) is 77.0 Å². The molecule has 176 valence electrons. The highest BCUT2D eigenvalue weighted by Gasteiger charge is 2.35. The average molecular weight is 514 g/mol. The molecular formula is C21H32Cl4N4O2. The Labute approximate surface area is 208 Å². The molecule has 4 aliphatic heterocycles. The second kappa shape index (κ2) is 11.9. The Morgan fingerprint density at radius 2 is 1.71 bits per heavy atom. The third kappa shape index (κ3) is 5.79. The van der Waals surface area contributed by atoms with Gasteiger partial charge in [0.1, 0.15) is 5.52 Å². The number of nitrogens with one attached hydrogen (secondary N) is 1. The molecule has 0 unspecified atom stereocenters. The number of likely N-dealkylation sites (tertiary alicyclic amines) is 1. The van der Waals surface area contributed by atoms with Crippen LogP contribution in [0, 0.1) is 5.92 Å². The number of halogens is 4. The van der Waals surface area contributed by atoms with E-state index in [1.165, 1.54) is 25.9 Å². The Bertz CT molecular complexity index is 849. The number of rotatable bonds is 3. The predicted octanol–water partition coefficient (Wildman–Crippen LogP) is 4.15. The number of nitrogens with zero attached hydrogens (tertiary/aromatic N) is 3. The highest BCUT2D eigenvalue weighted by Crippen LogP contribution is 2.31. The summed E-state index contributed by atoms with van der Waals surface area (Å²) in [5.74, 6) is 1.75. The lowest BCUT2D eigenvalue weighted by Crippen LogP contribution is -2.57. The van der Waals surface area contributed by atoms with Crippen LogP contribution in [0.4, 0.5) is 0 Å². The molecule has 2 aromatic rings. The van der Waals surface area contributed by atoms with Crippen molar-refractivity contribution in [1.82, 2.24) is 20.1 Å². The maximum absolute atomic E-state index is 13.0. The van der Waals surface area contributed by atoms with E-state index in [9.17, 15) is 4.79 Å². The standard InChI is InChI=1S/C21H28N4O2.4ClH/c1-24-9-5-15(6-10-24)21-23-19-16(3-2-4-18(19)27-21)20(26)22-17-13-25-11-7-14(17)8-12-25;;;;/h2-4,14-15,17H,5-13H2,1H3,(H,22,26);4*1H/t17-;;;;/m1..../s1. The van der Waals surface area contributed by atoms with Crippen LogP contribution in [0.25, 0.3) is 11.1 Å². The van der Waals surface area contributed by atoms with Crippen LogP contribution in [-0.4, -0.2) is 66.5 Å². The summed E-state index contributed by atoms with van der Waals surface area (Å²) in [6.45, 7) is 5.46. The van der Waals surface area contributed by atoms with Crippen molar-refractivity contribution in [3.63, 3.8) is 0 Å². The summed E-state index contributed by atoms with van der Waals surface area (Å²) in [4.78, 5) is 22.6. The lowest BCUT2D eigenvalue weighted by molar-refractivity contribution is 0.0621. The number of fused-ring (bicyclic) bond motifs is 4.